The van der Waals surface area contributed by atoms with E-state index >= 15 is 0 Å². The fourth-order valence-corrected chi connectivity index (χ4v) is 5.19. The molecule has 3 aromatic rings. The molecular weight excluding hydrogens is 406 g/mol. The van der Waals surface area contributed by atoms with E-state index in [1.807, 2.05) is 28.7 Å². The fraction of sp³-hybridized carbons (Fsp3) is 0.238. The molecule has 0 fully saturated rings. The van der Waals surface area contributed by atoms with Crippen molar-refractivity contribution >= 4 is 27.3 Å². The van der Waals surface area contributed by atoms with E-state index in [9.17, 15) is 13.2 Å². The number of rotatable bonds is 5. The number of thiophene rings is 1. The van der Waals surface area contributed by atoms with E-state index in [4.69, 9.17) is 0 Å². The highest BCUT2D eigenvalue weighted by atomic mass is 32.2. The molecule has 0 radical (unpaired) electrons. The average Bonchev–Trinajstić information content (AvgIpc) is 3.28. The van der Waals surface area contributed by atoms with Crippen LogP contribution in [0.2, 0.25) is 0 Å². The van der Waals surface area contributed by atoms with Crippen LogP contribution in [0.4, 0.5) is 0 Å². The first-order valence-electron chi connectivity index (χ1n) is 9.28. The third kappa shape index (κ3) is 4.10. The summed E-state index contributed by atoms with van der Waals surface area (Å²) in [5.74, 6) is 0.0174. The Hall–Kier alpha value is -2.55. The number of aryl methyl sites for hydroxylation is 1. The first-order valence-corrected chi connectivity index (χ1v) is 11.7. The number of pyridine rings is 1. The standard InChI is InChI=1S/C21H21N3O3S2/c1-15-20(12-23-29(26,27)18-5-3-2-4-6-18)19-7-9-24(13-17(19)11-22-15)21(25)16-8-10-28-14-16/h2-6,8,10-11,14,23H,7,9,12-13H2,1H3. The number of nitrogens with one attached hydrogen (secondary N) is 1. The van der Waals surface area contributed by atoms with Crippen LogP contribution in [0.5, 0.6) is 0 Å². The number of hydrogen-bond donors (Lipinski definition) is 1. The van der Waals surface area contributed by atoms with Crippen LogP contribution in [0.15, 0.2) is 58.3 Å². The summed E-state index contributed by atoms with van der Waals surface area (Å²) in [5.41, 5.74) is 4.46. The van der Waals surface area contributed by atoms with Crippen molar-refractivity contribution < 1.29 is 13.2 Å². The van der Waals surface area contributed by atoms with Crippen molar-refractivity contribution in [3.05, 3.63) is 81.3 Å². The highest BCUT2D eigenvalue weighted by Gasteiger charge is 2.25. The summed E-state index contributed by atoms with van der Waals surface area (Å²) in [4.78, 5) is 19.2. The first kappa shape index (κ1) is 19.8. The molecule has 0 spiro atoms. The van der Waals surface area contributed by atoms with E-state index in [1.54, 1.807) is 36.5 Å². The Balaban J connectivity index is 1.55. The summed E-state index contributed by atoms with van der Waals surface area (Å²) >= 11 is 1.50. The molecule has 1 amide bonds. The molecule has 0 atom stereocenters. The monoisotopic (exact) mass is 427 g/mol. The van der Waals surface area contributed by atoms with Crippen LogP contribution in [0.25, 0.3) is 0 Å². The van der Waals surface area contributed by atoms with Gasteiger partial charge in [-0.1, -0.05) is 18.2 Å². The number of sulfonamides is 1. The number of amides is 1. The Morgan fingerprint density at radius 2 is 2.03 bits per heavy atom. The minimum Gasteiger partial charge on any atom is -0.334 e. The van der Waals surface area contributed by atoms with Gasteiger partial charge in [-0.3, -0.25) is 9.78 Å². The Kier molecular flexibility index (Phi) is 5.49. The summed E-state index contributed by atoms with van der Waals surface area (Å²) < 4.78 is 27.8. The molecule has 2 aromatic heterocycles. The van der Waals surface area contributed by atoms with Gasteiger partial charge >= 0.3 is 0 Å². The van der Waals surface area contributed by atoms with Crippen LogP contribution in [-0.2, 0) is 29.5 Å². The second kappa shape index (κ2) is 8.06. The summed E-state index contributed by atoms with van der Waals surface area (Å²) in [5, 5.41) is 3.75. The zero-order valence-electron chi connectivity index (χ0n) is 16.0. The number of aromatic nitrogens is 1. The molecule has 0 bridgehead atoms. The Morgan fingerprint density at radius 1 is 1.24 bits per heavy atom. The lowest BCUT2D eigenvalue weighted by Crippen LogP contribution is -2.37. The van der Waals surface area contributed by atoms with Gasteiger partial charge < -0.3 is 4.90 Å². The third-order valence-corrected chi connectivity index (χ3v) is 7.24. The predicted octanol–water partition coefficient (Wildman–Crippen LogP) is 3.13. The van der Waals surface area contributed by atoms with Crippen LogP contribution in [-0.4, -0.2) is 30.8 Å². The largest absolute Gasteiger partial charge is 0.334 e. The maximum atomic E-state index is 12.7. The van der Waals surface area contributed by atoms with Crippen LogP contribution >= 0.6 is 11.3 Å². The molecule has 4 rings (SSSR count). The molecule has 0 unspecified atom stereocenters. The molecule has 0 aliphatic carbocycles. The molecule has 6 nitrogen and oxygen atoms in total. The van der Waals surface area contributed by atoms with Crippen molar-refractivity contribution in [3.8, 4) is 0 Å². The van der Waals surface area contributed by atoms with Gasteiger partial charge in [-0.2, -0.15) is 11.3 Å². The van der Waals surface area contributed by atoms with Gasteiger partial charge in [0.25, 0.3) is 5.91 Å². The number of benzene rings is 1. The minimum absolute atomic E-state index is 0.0174. The number of nitrogens with zero attached hydrogens (tertiary/aromatic N) is 2. The zero-order chi connectivity index (χ0) is 20.4. The topological polar surface area (TPSA) is 79.4 Å². The van der Waals surface area contributed by atoms with Crippen molar-refractivity contribution in [2.24, 2.45) is 0 Å². The second-order valence-electron chi connectivity index (χ2n) is 6.95. The number of carbonyl (C=O) groups excluding carboxylic acids is 1. The van der Waals surface area contributed by atoms with Gasteiger partial charge in [-0.25, -0.2) is 13.1 Å². The van der Waals surface area contributed by atoms with E-state index in [-0.39, 0.29) is 17.3 Å². The summed E-state index contributed by atoms with van der Waals surface area (Å²) in [7, 11) is -3.60. The fourth-order valence-electron chi connectivity index (χ4n) is 3.55. The number of hydrogen-bond acceptors (Lipinski definition) is 5. The van der Waals surface area contributed by atoms with Crippen LogP contribution in [0.1, 0.15) is 32.7 Å². The molecule has 29 heavy (non-hydrogen) atoms. The Bertz CT molecular complexity index is 1130. The summed E-state index contributed by atoms with van der Waals surface area (Å²) in [6.07, 6.45) is 2.48. The van der Waals surface area contributed by atoms with Crippen LogP contribution in [0.3, 0.4) is 0 Å². The molecule has 1 aliphatic rings. The molecule has 8 heteroatoms. The molecule has 1 aromatic carbocycles. The van der Waals surface area contributed by atoms with E-state index < -0.39 is 10.0 Å². The maximum Gasteiger partial charge on any atom is 0.255 e. The minimum atomic E-state index is -3.60. The normalized spacial score (nSPS) is 13.9. The van der Waals surface area contributed by atoms with Crippen LogP contribution in [0, 0.1) is 6.92 Å². The average molecular weight is 428 g/mol. The molecule has 3 heterocycles. The van der Waals surface area contributed by atoms with E-state index in [2.05, 4.69) is 9.71 Å². The van der Waals surface area contributed by atoms with Gasteiger partial charge in [-0.05, 0) is 53.6 Å². The van der Waals surface area contributed by atoms with Gasteiger partial charge in [0.1, 0.15) is 0 Å². The molecule has 1 N–H and O–H groups in total. The van der Waals surface area contributed by atoms with Crippen molar-refractivity contribution in [2.75, 3.05) is 6.54 Å². The predicted molar refractivity (Wildman–Crippen MR) is 112 cm³/mol. The lowest BCUT2D eigenvalue weighted by molar-refractivity contribution is 0.0734. The van der Waals surface area contributed by atoms with Gasteiger partial charge in [0.15, 0.2) is 0 Å². The molecular formula is C21H21N3O3S2. The van der Waals surface area contributed by atoms with Crippen molar-refractivity contribution in [1.29, 1.82) is 0 Å². The van der Waals surface area contributed by atoms with Crippen LogP contribution < -0.4 is 4.72 Å². The second-order valence-corrected chi connectivity index (χ2v) is 9.50. The highest BCUT2D eigenvalue weighted by molar-refractivity contribution is 7.89. The number of fused-ring (bicyclic) bond motifs is 1. The van der Waals surface area contributed by atoms with Gasteiger partial charge in [0, 0.05) is 36.9 Å². The molecule has 0 saturated carbocycles. The molecule has 150 valence electrons. The zero-order valence-corrected chi connectivity index (χ0v) is 17.6. The Morgan fingerprint density at radius 3 is 2.76 bits per heavy atom. The SMILES string of the molecule is Cc1ncc2c(c1CNS(=O)(=O)c1ccccc1)CCN(C(=O)c1ccsc1)C2. The van der Waals surface area contributed by atoms with Gasteiger partial charge in [0.2, 0.25) is 10.0 Å². The van der Waals surface area contributed by atoms with E-state index in [0.717, 1.165) is 22.4 Å². The van der Waals surface area contributed by atoms with Crippen molar-refractivity contribution in [1.82, 2.24) is 14.6 Å². The third-order valence-electron chi connectivity index (χ3n) is 5.14. The van der Waals surface area contributed by atoms with Crippen molar-refractivity contribution in [3.63, 3.8) is 0 Å². The quantitative estimate of drug-likeness (QED) is 0.679. The summed E-state index contributed by atoms with van der Waals surface area (Å²) in [6.45, 7) is 3.15. The van der Waals surface area contributed by atoms with Gasteiger partial charge in [0.05, 0.1) is 10.5 Å². The number of carbonyl (C=O) groups is 1. The summed E-state index contributed by atoms with van der Waals surface area (Å²) in [6, 6.07) is 10.2. The molecule has 1 aliphatic heterocycles. The Labute approximate surface area is 174 Å². The highest BCUT2D eigenvalue weighted by Crippen LogP contribution is 2.25. The lowest BCUT2D eigenvalue weighted by atomic mass is 9.95. The van der Waals surface area contributed by atoms with Gasteiger partial charge in [-0.15, -0.1) is 0 Å². The van der Waals surface area contributed by atoms with E-state index in [0.29, 0.717) is 25.1 Å². The first-order chi connectivity index (χ1) is 14.0. The smallest absolute Gasteiger partial charge is 0.255 e. The van der Waals surface area contributed by atoms with Crippen molar-refractivity contribution in [2.45, 2.75) is 31.3 Å². The maximum absolute atomic E-state index is 12.7. The molecule has 0 saturated heterocycles. The van der Waals surface area contributed by atoms with E-state index in [1.165, 1.54) is 11.3 Å². The lowest BCUT2D eigenvalue weighted by Gasteiger charge is -2.30.